The van der Waals surface area contributed by atoms with Crippen LogP contribution in [-0.4, -0.2) is 61.7 Å². The van der Waals surface area contributed by atoms with Crippen molar-refractivity contribution in [3.63, 3.8) is 0 Å². The van der Waals surface area contributed by atoms with Gasteiger partial charge in [-0.05, 0) is 24.3 Å². The normalized spacial score (nSPS) is 15.2. The number of aromatic nitrogens is 1. The van der Waals surface area contributed by atoms with Crippen LogP contribution in [0.25, 0.3) is 0 Å². The van der Waals surface area contributed by atoms with E-state index in [1.165, 1.54) is 12.1 Å². The topological polar surface area (TPSA) is 57.7 Å². The SMILES string of the molecule is O=C(CN1CCN(c2nccs2)CC1)NCCOc1ccc(F)cc1. The number of ether oxygens (including phenoxy) is 1. The molecule has 1 aliphatic heterocycles. The van der Waals surface area contributed by atoms with Crippen molar-refractivity contribution >= 4 is 22.4 Å². The third kappa shape index (κ3) is 5.40. The van der Waals surface area contributed by atoms with E-state index in [2.05, 4.69) is 20.1 Å². The van der Waals surface area contributed by atoms with Crippen LogP contribution < -0.4 is 15.0 Å². The fourth-order valence-corrected chi connectivity index (χ4v) is 3.32. The Morgan fingerprint density at radius 2 is 2.00 bits per heavy atom. The summed E-state index contributed by atoms with van der Waals surface area (Å²) in [5.74, 6) is 0.287. The summed E-state index contributed by atoms with van der Waals surface area (Å²) in [4.78, 5) is 20.7. The number of hydrogen-bond acceptors (Lipinski definition) is 6. The van der Waals surface area contributed by atoms with Crippen molar-refractivity contribution in [3.05, 3.63) is 41.7 Å². The van der Waals surface area contributed by atoms with Gasteiger partial charge >= 0.3 is 0 Å². The van der Waals surface area contributed by atoms with Gasteiger partial charge in [0.25, 0.3) is 0 Å². The summed E-state index contributed by atoms with van der Waals surface area (Å²) in [6.45, 7) is 4.63. The first-order valence-corrected chi connectivity index (χ1v) is 9.10. The van der Waals surface area contributed by atoms with Crippen molar-refractivity contribution < 1.29 is 13.9 Å². The van der Waals surface area contributed by atoms with Crippen LogP contribution in [0, 0.1) is 5.82 Å². The average molecular weight is 364 g/mol. The molecule has 1 aromatic heterocycles. The molecule has 0 unspecified atom stereocenters. The van der Waals surface area contributed by atoms with Gasteiger partial charge in [0.15, 0.2) is 5.13 Å². The molecule has 0 atom stereocenters. The van der Waals surface area contributed by atoms with Gasteiger partial charge in [0.05, 0.1) is 13.1 Å². The molecule has 1 aliphatic rings. The largest absolute Gasteiger partial charge is 0.492 e. The van der Waals surface area contributed by atoms with E-state index in [9.17, 15) is 9.18 Å². The highest BCUT2D eigenvalue weighted by Crippen LogP contribution is 2.18. The van der Waals surface area contributed by atoms with Crippen molar-refractivity contribution in [2.45, 2.75) is 0 Å². The molecule has 6 nitrogen and oxygen atoms in total. The van der Waals surface area contributed by atoms with E-state index in [0.29, 0.717) is 25.4 Å². The summed E-state index contributed by atoms with van der Waals surface area (Å²) in [6.07, 6.45) is 1.81. The number of carbonyl (C=O) groups is 1. The quantitative estimate of drug-likeness (QED) is 0.757. The number of hydrogen-bond donors (Lipinski definition) is 1. The highest BCUT2D eigenvalue weighted by Gasteiger charge is 2.20. The molecule has 1 saturated heterocycles. The molecular formula is C17H21FN4O2S. The highest BCUT2D eigenvalue weighted by molar-refractivity contribution is 7.13. The first-order valence-electron chi connectivity index (χ1n) is 8.22. The third-order valence-electron chi connectivity index (χ3n) is 3.94. The maximum atomic E-state index is 12.8. The molecule has 0 bridgehead atoms. The summed E-state index contributed by atoms with van der Waals surface area (Å²) in [5.41, 5.74) is 0. The standard InChI is InChI=1S/C17H21FN4O2S/c18-14-1-3-15(4-2-14)24-11-5-19-16(23)13-21-7-9-22(10-8-21)17-20-6-12-25-17/h1-4,6,12H,5,7-11,13H2,(H,19,23). The van der Waals surface area contributed by atoms with Gasteiger partial charge in [0.2, 0.25) is 5.91 Å². The molecule has 1 fully saturated rings. The molecule has 0 radical (unpaired) electrons. The van der Waals surface area contributed by atoms with Crippen molar-refractivity contribution in [1.82, 2.24) is 15.2 Å². The van der Waals surface area contributed by atoms with Crippen LogP contribution in [0.5, 0.6) is 5.75 Å². The Hall–Kier alpha value is -2.19. The summed E-state index contributed by atoms with van der Waals surface area (Å²) in [6, 6.07) is 5.83. The molecule has 2 aromatic rings. The first kappa shape index (κ1) is 17.6. The lowest BCUT2D eigenvalue weighted by atomic mass is 10.3. The predicted octanol–water partition coefficient (Wildman–Crippen LogP) is 1.60. The Morgan fingerprint density at radius 3 is 2.68 bits per heavy atom. The molecule has 0 spiro atoms. The van der Waals surface area contributed by atoms with Gasteiger partial charge in [-0.25, -0.2) is 9.37 Å². The number of halogens is 1. The minimum absolute atomic E-state index is 0.00888. The molecule has 1 aromatic carbocycles. The second-order valence-corrected chi connectivity index (χ2v) is 6.60. The minimum atomic E-state index is -0.296. The predicted molar refractivity (Wildman–Crippen MR) is 95.7 cm³/mol. The molecule has 8 heteroatoms. The number of amides is 1. The van der Waals surface area contributed by atoms with Gasteiger partial charge in [0, 0.05) is 37.8 Å². The molecule has 3 rings (SSSR count). The number of carbonyl (C=O) groups excluding carboxylic acids is 1. The van der Waals surface area contributed by atoms with Gasteiger partial charge < -0.3 is 15.0 Å². The molecule has 134 valence electrons. The van der Waals surface area contributed by atoms with Crippen LogP contribution in [-0.2, 0) is 4.79 Å². The number of nitrogens with zero attached hydrogens (tertiary/aromatic N) is 3. The van der Waals surface area contributed by atoms with E-state index in [1.54, 1.807) is 23.5 Å². The van der Waals surface area contributed by atoms with Crippen molar-refractivity contribution in [2.24, 2.45) is 0 Å². The van der Waals surface area contributed by atoms with E-state index < -0.39 is 0 Å². The molecular weight excluding hydrogens is 343 g/mol. The molecule has 2 heterocycles. The number of piperazine rings is 1. The summed E-state index contributed by atoms with van der Waals surface area (Å²) >= 11 is 1.64. The van der Waals surface area contributed by atoms with E-state index in [1.807, 2.05) is 11.6 Å². The zero-order chi connectivity index (χ0) is 17.5. The Balaban J connectivity index is 1.30. The zero-order valence-corrected chi connectivity index (χ0v) is 14.7. The first-order chi connectivity index (χ1) is 12.2. The van der Waals surface area contributed by atoms with Gasteiger partial charge in [0.1, 0.15) is 18.2 Å². The summed E-state index contributed by atoms with van der Waals surface area (Å²) in [7, 11) is 0. The average Bonchev–Trinajstić information content (AvgIpc) is 3.15. The Kier molecular flexibility index (Phi) is 6.19. The van der Waals surface area contributed by atoms with Gasteiger partial charge in [-0.3, -0.25) is 9.69 Å². The van der Waals surface area contributed by atoms with Crippen molar-refractivity contribution in [2.75, 3.05) is 50.8 Å². The smallest absolute Gasteiger partial charge is 0.234 e. The molecule has 25 heavy (non-hydrogen) atoms. The third-order valence-corrected chi connectivity index (χ3v) is 4.77. The lowest BCUT2D eigenvalue weighted by molar-refractivity contribution is -0.122. The maximum Gasteiger partial charge on any atom is 0.234 e. The second-order valence-electron chi connectivity index (χ2n) is 5.73. The van der Waals surface area contributed by atoms with Gasteiger partial charge in [-0.1, -0.05) is 0 Å². The Bertz CT molecular complexity index is 658. The number of rotatable bonds is 7. The van der Waals surface area contributed by atoms with E-state index in [0.717, 1.165) is 31.3 Å². The molecule has 0 saturated carbocycles. The number of benzene rings is 1. The van der Waals surface area contributed by atoms with Crippen LogP contribution in [0.3, 0.4) is 0 Å². The van der Waals surface area contributed by atoms with Crippen LogP contribution in [0.15, 0.2) is 35.8 Å². The van der Waals surface area contributed by atoms with Crippen LogP contribution in [0.1, 0.15) is 0 Å². The van der Waals surface area contributed by atoms with Crippen LogP contribution in [0.4, 0.5) is 9.52 Å². The fraction of sp³-hybridized carbons (Fsp3) is 0.412. The minimum Gasteiger partial charge on any atom is -0.492 e. The van der Waals surface area contributed by atoms with E-state index in [4.69, 9.17) is 4.74 Å². The lowest BCUT2D eigenvalue weighted by Crippen LogP contribution is -2.49. The fourth-order valence-electron chi connectivity index (χ4n) is 2.62. The van der Waals surface area contributed by atoms with E-state index in [-0.39, 0.29) is 11.7 Å². The van der Waals surface area contributed by atoms with E-state index >= 15 is 0 Å². The number of thiazole rings is 1. The monoisotopic (exact) mass is 364 g/mol. The van der Waals surface area contributed by atoms with Crippen LogP contribution in [0.2, 0.25) is 0 Å². The van der Waals surface area contributed by atoms with Gasteiger partial charge in [-0.2, -0.15) is 0 Å². The Morgan fingerprint density at radius 1 is 1.24 bits per heavy atom. The summed E-state index contributed by atoms with van der Waals surface area (Å²) in [5, 5.41) is 5.87. The molecule has 1 N–H and O–H groups in total. The van der Waals surface area contributed by atoms with Gasteiger partial charge in [-0.15, -0.1) is 11.3 Å². The maximum absolute atomic E-state index is 12.8. The lowest BCUT2D eigenvalue weighted by Gasteiger charge is -2.34. The number of nitrogens with one attached hydrogen (secondary N) is 1. The summed E-state index contributed by atoms with van der Waals surface area (Å²) < 4.78 is 18.2. The molecule has 0 aliphatic carbocycles. The highest BCUT2D eigenvalue weighted by atomic mass is 32.1. The Labute approximate surface area is 150 Å². The molecule has 1 amide bonds. The number of anilines is 1. The van der Waals surface area contributed by atoms with Crippen LogP contribution >= 0.6 is 11.3 Å². The van der Waals surface area contributed by atoms with Crippen molar-refractivity contribution in [1.29, 1.82) is 0 Å². The zero-order valence-electron chi connectivity index (χ0n) is 13.9. The second kappa shape index (κ2) is 8.77. The van der Waals surface area contributed by atoms with Crippen molar-refractivity contribution in [3.8, 4) is 5.75 Å².